The number of methoxy groups -OCH3 is 1. The molecule has 4 heterocycles. The van der Waals surface area contributed by atoms with E-state index in [1.807, 2.05) is 0 Å². The summed E-state index contributed by atoms with van der Waals surface area (Å²) in [5, 5.41) is 3.73. The molecule has 2 aliphatic rings. The number of primary amides is 1. The Kier molecular flexibility index (Phi) is 8.28. The van der Waals surface area contributed by atoms with Crippen LogP contribution in [0.2, 0.25) is 0 Å². The van der Waals surface area contributed by atoms with Crippen molar-refractivity contribution in [3.63, 3.8) is 0 Å². The van der Waals surface area contributed by atoms with Crippen LogP contribution in [0.25, 0.3) is 10.2 Å². The largest absolute Gasteiger partial charge is 0.480 e. The number of ether oxygens (including phenoxy) is 1. The van der Waals surface area contributed by atoms with Gasteiger partial charge in [0.1, 0.15) is 5.56 Å². The number of thiazole rings is 1. The number of nitrogens with two attached hydrogens (primary N) is 1. The molecule has 41 heavy (non-hydrogen) atoms. The minimum absolute atomic E-state index is 0.0166. The molecule has 10 nitrogen and oxygen atoms in total. The molecule has 2 fully saturated rings. The molecular formula is C30H38N6O4S. The van der Waals surface area contributed by atoms with E-state index in [9.17, 15) is 14.4 Å². The summed E-state index contributed by atoms with van der Waals surface area (Å²) in [5.74, 6) is -1.87. The molecule has 2 aromatic heterocycles. The summed E-state index contributed by atoms with van der Waals surface area (Å²) in [6.07, 6.45) is 6.34. The molecule has 2 aliphatic heterocycles. The van der Waals surface area contributed by atoms with Crippen molar-refractivity contribution in [1.82, 2.24) is 19.8 Å². The van der Waals surface area contributed by atoms with Crippen molar-refractivity contribution in [3.05, 3.63) is 46.6 Å². The van der Waals surface area contributed by atoms with Gasteiger partial charge in [0.2, 0.25) is 5.88 Å². The lowest BCUT2D eigenvalue weighted by atomic mass is 9.78. The SMILES string of the molecule is COc1ncc(NC(=O)C(=O)N2C[C@@H](C)CC[C@@H]2c2ccc3sc(CC4(C)CCN(C)CC4)nc3c2)cc1C(N)=O. The monoisotopic (exact) mass is 578 g/mol. The van der Waals surface area contributed by atoms with Crippen LogP contribution in [0.4, 0.5) is 5.69 Å². The Morgan fingerprint density at radius 3 is 2.66 bits per heavy atom. The zero-order valence-corrected chi connectivity index (χ0v) is 24.9. The van der Waals surface area contributed by atoms with E-state index in [0.717, 1.165) is 53.1 Å². The van der Waals surface area contributed by atoms with Gasteiger partial charge >= 0.3 is 11.8 Å². The van der Waals surface area contributed by atoms with Gasteiger partial charge in [-0.05, 0) is 80.9 Å². The molecule has 0 radical (unpaired) electrons. The molecule has 3 amide bonds. The normalized spacial score (nSPS) is 21.0. The van der Waals surface area contributed by atoms with Gasteiger partial charge < -0.3 is 25.6 Å². The lowest BCUT2D eigenvalue weighted by molar-refractivity contribution is -0.146. The smallest absolute Gasteiger partial charge is 0.313 e. The van der Waals surface area contributed by atoms with Crippen LogP contribution in [0.3, 0.4) is 0 Å². The summed E-state index contributed by atoms with van der Waals surface area (Å²) in [5.41, 5.74) is 7.80. The average molecular weight is 579 g/mol. The molecule has 0 spiro atoms. The standard InChI is InChI=1S/C30H38N6O4S/c1-18-5-7-23(36(17-18)29(39)27(38)33-20-14-21(26(31)37)28(40-4)32-16-20)19-6-8-24-22(13-19)34-25(41-24)15-30(2)9-11-35(3)12-10-30/h6,8,13-14,16,18,23H,5,7,9-12,15,17H2,1-4H3,(H2,31,37)(H,33,38)/t18-,23+/m0/s1. The number of piperidine rings is 2. The van der Waals surface area contributed by atoms with E-state index < -0.39 is 17.7 Å². The highest BCUT2D eigenvalue weighted by Gasteiger charge is 2.35. The number of fused-ring (bicyclic) bond motifs is 1. The number of benzene rings is 1. The zero-order valence-electron chi connectivity index (χ0n) is 24.1. The Balaban J connectivity index is 1.34. The molecule has 11 heteroatoms. The maximum atomic E-state index is 13.5. The first-order valence-corrected chi connectivity index (χ1v) is 14.9. The molecule has 2 atom stereocenters. The number of pyridine rings is 1. The van der Waals surface area contributed by atoms with Crippen molar-refractivity contribution in [2.75, 3.05) is 39.1 Å². The number of aromatic nitrogens is 2. The molecule has 1 aromatic carbocycles. The van der Waals surface area contributed by atoms with Crippen LogP contribution in [0.5, 0.6) is 5.88 Å². The van der Waals surface area contributed by atoms with E-state index in [-0.39, 0.29) is 34.5 Å². The van der Waals surface area contributed by atoms with E-state index in [4.69, 9.17) is 15.5 Å². The van der Waals surface area contributed by atoms with Crippen LogP contribution in [-0.4, -0.2) is 71.3 Å². The van der Waals surface area contributed by atoms with E-state index in [1.165, 1.54) is 32.2 Å². The van der Waals surface area contributed by atoms with E-state index in [1.54, 1.807) is 16.2 Å². The third kappa shape index (κ3) is 6.36. The predicted molar refractivity (Wildman–Crippen MR) is 159 cm³/mol. The fourth-order valence-corrected chi connectivity index (χ4v) is 7.04. The number of carbonyl (C=O) groups excluding carboxylic acids is 3. The summed E-state index contributed by atoms with van der Waals surface area (Å²) < 4.78 is 6.19. The van der Waals surface area contributed by atoms with Gasteiger partial charge in [-0.15, -0.1) is 11.3 Å². The summed E-state index contributed by atoms with van der Waals surface area (Å²) >= 11 is 1.75. The van der Waals surface area contributed by atoms with Crippen molar-refractivity contribution in [3.8, 4) is 5.88 Å². The maximum absolute atomic E-state index is 13.5. The maximum Gasteiger partial charge on any atom is 0.313 e. The molecule has 0 aliphatic carbocycles. The van der Waals surface area contributed by atoms with Gasteiger partial charge in [-0.2, -0.15) is 0 Å². The van der Waals surface area contributed by atoms with Crippen LogP contribution in [0, 0.1) is 11.3 Å². The third-order valence-corrected chi connectivity index (χ3v) is 9.49. The van der Waals surface area contributed by atoms with Gasteiger partial charge in [-0.25, -0.2) is 9.97 Å². The number of rotatable bonds is 6. The molecule has 3 aromatic rings. The second-order valence-electron chi connectivity index (χ2n) is 11.9. The molecule has 2 saturated heterocycles. The first-order chi connectivity index (χ1) is 19.5. The average Bonchev–Trinajstić information content (AvgIpc) is 3.35. The van der Waals surface area contributed by atoms with Gasteiger partial charge in [-0.1, -0.05) is 19.9 Å². The van der Waals surface area contributed by atoms with Crippen LogP contribution in [-0.2, 0) is 16.0 Å². The molecule has 0 unspecified atom stereocenters. The fourth-order valence-electron chi connectivity index (χ4n) is 5.87. The van der Waals surface area contributed by atoms with Gasteiger partial charge in [0.05, 0.1) is 40.3 Å². The number of nitrogens with zero attached hydrogens (tertiary/aromatic N) is 4. The fraction of sp³-hybridized carbons (Fsp3) is 0.500. The quantitative estimate of drug-likeness (QED) is 0.423. The number of amides is 3. The first-order valence-electron chi connectivity index (χ1n) is 14.1. The van der Waals surface area contributed by atoms with Crippen molar-refractivity contribution in [2.45, 2.75) is 52.0 Å². The molecule has 0 bridgehead atoms. The summed E-state index contributed by atoms with van der Waals surface area (Å²) in [6.45, 7) is 7.15. The second-order valence-corrected chi connectivity index (χ2v) is 13.0. The Hall–Kier alpha value is -3.57. The van der Waals surface area contributed by atoms with Gasteiger partial charge in [0.25, 0.3) is 5.91 Å². The molecule has 3 N–H and O–H groups in total. The van der Waals surface area contributed by atoms with Gasteiger partial charge in [-0.3, -0.25) is 14.4 Å². The van der Waals surface area contributed by atoms with Crippen molar-refractivity contribution in [1.29, 1.82) is 0 Å². The van der Waals surface area contributed by atoms with Crippen molar-refractivity contribution in [2.24, 2.45) is 17.1 Å². The van der Waals surface area contributed by atoms with E-state index in [0.29, 0.717) is 6.54 Å². The Bertz CT molecular complexity index is 1460. The van der Waals surface area contributed by atoms with E-state index >= 15 is 0 Å². The molecule has 5 rings (SSSR count). The number of anilines is 1. The van der Waals surface area contributed by atoms with Gasteiger partial charge in [0, 0.05) is 13.0 Å². The van der Waals surface area contributed by atoms with Crippen LogP contribution in [0.15, 0.2) is 30.5 Å². The Labute approximate surface area is 244 Å². The summed E-state index contributed by atoms with van der Waals surface area (Å²) in [7, 11) is 3.55. The number of likely N-dealkylation sites (tertiary alicyclic amines) is 2. The van der Waals surface area contributed by atoms with Crippen molar-refractivity contribution < 1.29 is 19.1 Å². The van der Waals surface area contributed by atoms with E-state index in [2.05, 4.69) is 54.3 Å². The second kappa shape index (κ2) is 11.7. The summed E-state index contributed by atoms with van der Waals surface area (Å²) in [4.78, 5) is 51.4. The predicted octanol–water partition coefficient (Wildman–Crippen LogP) is 4.01. The number of carbonyl (C=O) groups is 3. The topological polar surface area (TPSA) is 131 Å². The minimum atomic E-state index is -0.796. The number of nitrogens with one attached hydrogen (secondary N) is 1. The van der Waals surface area contributed by atoms with Crippen LogP contribution in [0.1, 0.15) is 66.5 Å². The zero-order chi connectivity index (χ0) is 29.3. The highest BCUT2D eigenvalue weighted by molar-refractivity contribution is 7.18. The molecular weight excluding hydrogens is 540 g/mol. The minimum Gasteiger partial charge on any atom is -0.480 e. The van der Waals surface area contributed by atoms with Crippen LogP contribution < -0.4 is 15.8 Å². The Morgan fingerprint density at radius 2 is 1.95 bits per heavy atom. The summed E-state index contributed by atoms with van der Waals surface area (Å²) in [6, 6.07) is 7.36. The third-order valence-electron chi connectivity index (χ3n) is 8.45. The molecule has 0 saturated carbocycles. The molecule has 218 valence electrons. The van der Waals surface area contributed by atoms with Crippen molar-refractivity contribution >= 4 is 45.0 Å². The lowest BCUT2D eigenvalue weighted by Crippen LogP contribution is -2.46. The highest BCUT2D eigenvalue weighted by atomic mass is 32.1. The Morgan fingerprint density at radius 1 is 1.20 bits per heavy atom. The van der Waals surface area contributed by atoms with Gasteiger partial charge in [0.15, 0.2) is 0 Å². The lowest BCUT2D eigenvalue weighted by Gasteiger charge is -2.38. The highest BCUT2D eigenvalue weighted by Crippen LogP contribution is 2.38. The van der Waals surface area contributed by atoms with Crippen LogP contribution >= 0.6 is 11.3 Å². The number of hydrogen-bond acceptors (Lipinski definition) is 8. The first kappa shape index (κ1) is 28.9. The number of hydrogen-bond donors (Lipinski definition) is 2.